The van der Waals surface area contributed by atoms with Gasteiger partial charge in [0.15, 0.2) is 0 Å². The van der Waals surface area contributed by atoms with E-state index in [-0.39, 0.29) is 0 Å². The van der Waals surface area contributed by atoms with Crippen LogP contribution in [0.1, 0.15) is 44.5 Å². The van der Waals surface area contributed by atoms with E-state index in [1.165, 1.54) is 120 Å². The van der Waals surface area contributed by atoms with Gasteiger partial charge in [-0.2, -0.15) is 0 Å². The number of hydrogen-bond acceptors (Lipinski definition) is 0. The maximum Gasteiger partial charge on any atom is 0.0726 e. The Morgan fingerprint density at radius 3 is 1.07 bits per heavy atom. The predicted octanol–water partition coefficient (Wildman–Crippen LogP) is 11.2. The van der Waals surface area contributed by atoms with Crippen molar-refractivity contribution in [2.24, 2.45) is 0 Å². The summed E-state index contributed by atoms with van der Waals surface area (Å²) in [6, 6.07) is 51.7. The van der Waals surface area contributed by atoms with E-state index < -0.39 is 5.41 Å². The maximum absolute atomic E-state index is 2.49. The molecular weight excluding hydrogens is 540 g/mol. The Hall–Kier alpha value is -5.72. The van der Waals surface area contributed by atoms with E-state index >= 15 is 0 Å². The van der Waals surface area contributed by atoms with E-state index in [1.54, 1.807) is 0 Å². The van der Waals surface area contributed by atoms with E-state index in [0.717, 1.165) is 0 Å². The standard InChI is InChI=1S/C45H22/c1-5-23-13-17-27-19-21-33-43-39(27)35(23)29(9-1)41(43)42-30-10-2-6-24-14-18-28-20-22-34(44(42)40(28)36(24)30)45(33)31-11-3-7-25-15-16-26-8-4-12-32(45)38(26)37(25)31/h1-22H. The van der Waals surface area contributed by atoms with E-state index in [0.29, 0.717) is 0 Å². The van der Waals surface area contributed by atoms with Gasteiger partial charge in [0.05, 0.1) is 5.41 Å². The maximum atomic E-state index is 2.49. The summed E-state index contributed by atoms with van der Waals surface area (Å²) in [7, 11) is 0. The molecule has 4 aliphatic rings. The Labute approximate surface area is 258 Å². The third-order valence-electron chi connectivity index (χ3n) is 11.8. The molecule has 1 spiro atoms. The molecule has 0 saturated carbocycles. The molecule has 9 aromatic rings. The summed E-state index contributed by atoms with van der Waals surface area (Å²) in [5.74, 6) is 0. The Morgan fingerprint density at radius 2 is 0.622 bits per heavy atom. The van der Waals surface area contributed by atoms with Crippen LogP contribution < -0.4 is 0 Å². The largest absolute Gasteiger partial charge is 0.0726 e. The van der Waals surface area contributed by atoms with Crippen molar-refractivity contribution in [2.45, 2.75) is 5.41 Å². The van der Waals surface area contributed by atoms with Gasteiger partial charge in [0, 0.05) is 0 Å². The lowest BCUT2D eigenvalue weighted by Gasteiger charge is -2.36. The highest BCUT2D eigenvalue weighted by Crippen LogP contribution is 2.66. The van der Waals surface area contributed by atoms with Crippen LogP contribution in [0.15, 0.2) is 133 Å². The highest BCUT2D eigenvalue weighted by Gasteiger charge is 2.51. The molecule has 45 heavy (non-hydrogen) atoms. The molecule has 0 heterocycles. The molecule has 0 N–H and O–H groups in total. The molecule has 0 saturated heterocycles. The van der Waals surface area contributed by atoms with Gasteiger partial charge in [-0.05, 0) is 120 Å². The SMILES string of the molecule is c1cc2c3c(c1)ccc1ccc4c(c13)C2=C1c2cccc3ccc5ccc(c1c5c23)C41c2cccc3ccc4cccc1c4c23. The first-order valence-electron chi connectivity index (χ1n) is 16.0. The Bertz CT molecular complexity index is 2820. The lowest BCUT2D eigenvalue weighted by molar-refractivity contribution is 0.772. The molecule has 0 fully saturated rings. The second-order valence-electron chi connectivity index (χ2n) is 13.5. The first-order valence-corrected chi connectivity index (χ1v) is 16.0. The van der Waals surface area contributed by atoms with E-state index in [4.69, 9.17) is 0 Å². The van der Waals surface area contributed by atoms with Crippen LogP contribution in [-0.2, 0) is 5.41 Å². The van der Waals surface area contributed by atoms with Gasteiger partial charge >= 0.3 is 0 Å². The van der Waals surface area contributed by atoms with Crippen molar-refractivity contribution in [1.29, 1.82) is 0 Å². The molecule has 0 aromatic heterocycles. The first-order chi connectivity index (χ1) is 22.3. The lowest BCUT2D eigenvalue weighted by Crippen LogP contribution is -2.30. The molecule has 0 heteroatoms. The van der Waals surface area contributed by atoms with Crippen molar-refractivity contribution in [3.05, 3.63) is 178 Å². The van der Waals surface area contributed by atoms with Gasteiger partial charge < -0.3 is 0 Å². The number of benzene rings is 9. The summed E-state index contributed by atoms with van der Waals surface area (Å²) in [5.41, 5.74) is 13.7. The zero-order chi connectivity index (χ0) is 28.8. The fourth-order valence-corrected chi connectivity index (χ4v) is 10.4. The van der Waals surface area contributed by atoms with Gasteiger partial charge in [0.2, 0.25) is 0 Å². The fraction of sp³-hybridized carbons (Fsp3) is 0.0222. The summed E-state index contributed by atoms with van der Waals surface area (Å²) in [6.45, 7) is 0. The smallest absolute Gasteiger partial charge is 0.0613 e. The minimum Gasteiger partial charge on any atom is -0.0613 e. The number of rotatable bonds is 0. The van der Waals surface area contributed by atoms with Crippen molar-refractivity contribution in [1.82, 2.24) is 0 Å². The molecular formula is C45H22. The summed E-state index contributed by atoms with van der Waals surface area (Å²) in [6.07, 6.45) is 0. The van der Waals surface area contributed by atoms with Gasteiger partial charge in [-0.3, -0.25) is 0 Å². The molecule has 0 unspecified atom stereocenters. The van der Waals surface area contributed by atoms with Gasteiger partial charge in [-0.25, -0.2) is 0 Å². The second-order valence-corrected chi connectivity index (χ2v) is 13.5. The van der Waals surface area contributed by atoms with E-state index in [2.05, 4.69) is 133 Å². The number of fused-ring (bicyclic) bond motifs is 6. The third kappa shape index (κ3) is 2.09. The molecule has 0 amide bonds. The van der Waals surface area contributed by atoms with Crippen LogP contribution in [0.3, 0.4) is 0 Å². The molecule has 0 nitrogen and oxygen atoms in total. The van der Waals surface area contributed by atoms with Gasteiger partial charge in [-0.15, -0.1) is 0 Å². The molecule has 9 aromatic carbocycles. The molecule has 0 radical (unpaired) electrons. The molecule has 0 atom stereocenters. The Morgan fingerprint density at radius 1 is 0.267 bits per heavy atom. The zero-order valence-electron chi connectivity index (χ0n) is 24.2. The van der Waals surface area contributed by atoms with Crippen LogP contribution in [-0.4, -0.2) is 0 Å². The lowest BCUT2D eigenvalue weighted by atomic mass is 9.65. The summed E-state index contributed by atoms with van der Waals surface area (Å²) >= 11 is 0. The zero-order valence-corrected chi connectivity index (χ0v) is 24.2. The van der Waals surface area contributed by atoms with Crippen LogP contribution in [0.25, 0.3) is 75.8 Å². The Balaban J connectivity index is 1.40. The fourth-order valence-electron chi connectivity index (χ4n) is 10.4. The molecule has 4 aliphatic carbocycles. The molecule has 0 bridgehead atoms. The van der Waals surface area contributed by atoms with Crippen molar-refractivity contribution in [2.75, 3.05) is 0 Å². The highest BCUT2D eigenvalue weighted by molar-refractivity contribution is 6.35. The molecule has 13 rings (SSSR count). The van der Waals surface area contributed by atoms with Gasteiger partial charge in [0.1, 0.15) is 0 Å². The van der Waals surface area contributed by atoms with Gasteiger partial charge in [-0.1, -0.05) is 133 Å². The van der Waals surface area contributed by atoms with Crippen LogP contribution in [0.5, 0.6) is 0 Å². The summed E-state index contributed by atoms with van der Waals surface area (Å²) in [5, 5.41) is 16.5. The van der Waals surface area contributed by atoms with Crippen LogP contribution in [0.4, 0.5) is 0 Å². The van der Waals surface area contributed by atoms with Gasteiger partial charge in [0.25, 0.3) is 0 Å². The van der Waals surface area contributed by atoms with E-state index in [1.807, 2.05) is 0 Å². The highest BCUT2D eigenvalue weighted by atomic mass is 14.5. The average Bonchev–Trinajstić information content (AvgIpc) is 3.70. The normalized spacial score (nSPS) is 15.6. The molecule has 0 aliphatic heterocycles. The van der Waals surface area contributed by atoms with Crippen LogP contribution in [0, 0.1) is 0 Å². The van der Waals surface area contributed by atoms with Crippen molar-refractivity contribution in [3.8, 4) is 0 Å². The van der Waals surface area contributed by atoms with Crippen molar-refractivity contribution >= 4 is 75.8 Å². The number of hydrogen-bond donors (Lipinski definition) is 0. The van der Waals surface area contributed by atoms with Crippen molar-refractivity contribution in [3.63, 3.8) is 0 Å². The quantitative estimate of drug-likeness (QED) is 0.161. The summed E-state index contributed by atoms with van der Waals surface area (Å²) < 4.78 is 0. The Kier molecular flexibility index (Phi) is 3.32. The first kappa shape index (κ1) is 21.9. The average molecular weight is 563 g/mol. The third-order valence-corrected chi connectivity index (χ3v) is 11.8. The van der Waals surface area contributed by atoms with Crippen LogP contribution in [0.2, 0.25) is 0 Å². The predicted molar refractivity (Wildman–Crippen MR) is 188 cm³/mol. The van der Waals surface area contributed by atoms with E-state index in [9.17, 15) is 0 Å². The second kappa shape index (κ2) is 6.83. The summed E-state index contributed by atoms with van der Waals surface area (Å²) in [4.78, 5) is 0. The monoisotopic (exact) mass is 562 g/mol. The van der Waals surface area contributed by atoms with Crippen molar-refractivity contribution < 1.29 is 0 Å². The minimum atomic E-state index is -0.447. The van der Waals surface area contributed by atoms with Crippen LogP contribution >= 0.6 is 0 Å². The molecule has 202 valence electrons. The minimum absolute atomic E-state index is 0.447. The topological polar surface area (TPSA) is 0 Å².